The van der Waals surface area contributed by atoms with Gasteiger partial charge in [-0.05, 0) is 49.3 Å². The highest BCUT2D eigenvalue weighted by Gasteiger charge is 2.24. The molecular weight excluding hydrogens is 256 g/mol. The van der Waals surface area contributed by atoms with Crippen molar-refractivity contribution < 1.29 is 0 Å². The zero-order valence-corrected chi connectivity index (χ0v) is 12.4. The molecule has 0 saturated heterocycles. The van der Waals surface area contributed by atoms with E-state index >= 15 is 0 Å². The van der Waals surface area contributed by atoms with Gasteiger partial charge in [0.25, 0.3) is 0 Å². The molecule has 0 aliphatic heterocycles. The summed E-state index contributed by atoms with van der Waals surface area (Å²) in [5.74, 6) is 0. The van der Waals surface area contributed by atoms with Crippen LogP contribution in [-0.2, 0) is 0 Å². The molecule has 1 saturated carbocycles. The summed E-state index contributed by atoms with van der Waals surface area (Å²) >= 11 is 6.02. The SMILES string of the molecule is CC1(C)CCCC(Nc2cc(Cl)ccc2C#N)CC1. The first-order chi connectivity index (χ1) is 9.00. The van der Waals surface area contributed by atoms with E-state index in [4.69, 9.17) is 16.9 Å². The number of benzene rings is 1. The quantitative estimate of drug-likeness (QED) is 0.773. The third-order valence-corrected chi connectivity index (χ3v) is 4.27. The van der Waals surface area contributed by atoms with E-state index in [1.54, 1.807) is 12.1 Å². The minimum Gasteiger partial charge on any atom is -0.381 e. The molecule has 1 aliphatic rings. The van der Waals surface area contributed by atoms with Crippen molar-refractivity contribution >= 4 is 17.3 Å². The Kier molecular flexibility index (Phi) is 4.37. The van der Waals surface area contributed by atoms with Crippen molar-refractivity contribution in [2.75, 3.05) is 5.32 Å². The first-order valence-electron chi connectivity index (χ1n) is 6.96. The number of nitriles is 1. The lowest BCUT2D eigenvalue weighted by Crippen LogP contribution is -2.19. The van der Waals surface area contributed by atoms with Crippen molar-refractivity contribution in [3.63, 3.8) is 0 Å². The van der Waals surface area contributed by atoms with Crippen LogP contribution in [0.15, 0.2) is 18.2 Å². The van der Waals surface area contributed by atoms with Gasteiger partial charge in [0.05, 0.1) is 11.3 Å². The molecule has 1 fully saturated rings. The fourth-order valence-electron chi connectivity index (χ4n) is 2.76. The van der Waals surface area contributed by atoms with Crippen LogP contribution in [-0.4, -0.2) is 6.04 Å². The Balaban J connectivity index is 2.09. The van der Waals surface area contributed by atoms with Gasteiger partial charge < -0.3 is 5.32 Å². The van der Waals surface area contributed by atoms with E-state index in [9.17, 15) is 0 Å². The van der Waals surface area contributed by atoms with Gasteiger partial charge in [-0.1, -0.05) is 31.9 Å². The minimum atomic E-state index is 0.447. The molecule has 2 nitrogen and oxygen atoms in total. The molecule has 3 heteroatoms. The molecule has 0 heterocycles. The van der Waals surface area contributed by atoms with Crippen LogP contribution < -0.4 is 5.32 Å². The minimum absolute atomic E-state index is 0.447. The summed E-state index contributed by atoms with van der Waals surface area (Å²) in [6.07, 6.45) is 6.08. The number of nitrogens with zero attached hydrogens (tertiary/aromatic N) is 1. The molecule has 2 rings (SSSR count). The van der Waals surface area contributed by atoms with E-state index < -0.39 is 0 Å². The molecule has 19 heavy (non-hydrogen) atoms. The van der Waals surface area contributed by atoms with E-state index in [0.29, 0.717) is 22.0 Å². The van der Waals surface area contributed by atoms with Crippen LogP contribution in [0.4, 0.5) is 5.69 Å². The molecule has 1 unspecified atom stereocenters. The summed E-state index contributed by atoms with van der Waals surface area (Å²) in [7, 11) is 0. The normalized spacial score (nSPS) is 22.3. The lowest BCUT2D eigenvalue weighted by Gasteiger charge is -2.22. The monoisotopic (exact) mass is 276 g/mol. The molecule has 0 bridgehead atoms. The lowest BCUT2D eigenvalue weighted by atomic mass is 9.85. The van der Waals surface area contributed by atoms with Crippen molar-refractivity contribution in [1.29, 1.82) is 5.26 Å². The Morgan fingerprint density at radius 3 is 2.84 bits per heavy atom. The summed E-state index contributed by atoms with van der Waals surface area (Å²) in [6.45, 7) is 4.69. The smallest absolute Gasteiger partial charge is 0.101 e. The third-order valence-electron chi connectivity index (χ3n) is 4.04. The summed E-state index contributed by atoms with van der Waals surface area (Å²) in [5, 5.41) is 13.3. The number of hydrogen-bond donors (Lipinski definition) is 1. The van der Waals surface area contributed by atoms with E-state index in [0.717, 1.165) is 12.1 Å². The second kappa shape index (κ2) is 5.84. The maximum Gasteiger partial charge on any atom is 0.101 e. The molecule has 0 amide bonds. The standard InChI is InChI=1S/C16H21ClN2/c1-16(2)8-3-4-14(7-9-16)19-15-10-13(17)6-5-12(15)11-18/h5-6,10,14,19H,3-4,7-9H2,1-2H3. The average Bonchev–Trinajstić information content (AvgIpc) is 2.51. The number of nitrogens with one attached hydrogen (secondary N) is 1. The molecule has 0 radical (unpaired) electrons. The van der Waals surface area contributed by atoms with Crippen LogP contribution in [0.1, 0.15) is 51.5 Å². The second-order valence-electron chi connectivity index (χ2n) is 6.24. The number of hydrogen-bond acceptors (Lipinski definition) is 2. The van der Waals surface area contributed by atoms with E-state index in [1.165, 1.54) is 25.7 Å². The third kappa shape index (κ3) is 3.88. The Labute approximate surface area is 120 Å². The second-order valence-corrected chi connectivity index (χ2v) is 6.67. The van der Waals surface area contributed by atoms with Gasteiger partial charge in [0.15, 0.2) is 0 Å². The fraction of sp³-hybridized carbons (Fsp3) is 0.562. The van der Waals surface area contributed by atoms with Gasteiger partial charge in [-0.25, -0.2) is 0 Å². The van der Waals surface area contributed by atoms with Gasteiger partial charge in [-0.3, -0.25) is 0 Å². The average molecular weight is 277 g/mol. The lowest BCUT2D eigenvalue weighted by molar-refractivity contribution is 0.313. The highest BCUT2D eigenvalue weighted by atomic mass is 35.5. The summed E-state index contributed by atoms with van der Waals surface area (Å²) < 4.78 is 0. The maximum atomic E-state index is 9.14. The summed E-state index contributed by atoms with van der Waals surface area (Å²) in [6, 6.07) is 8.08. The molecule has 1 aromatic carbocycles. The van der Waals surface area contributed by atoms with Crippen LogP contribution in [0.3, 0.4) is 0 Å². The largest absolute Gasteiger partial charge is 0.381 e. The van der Waals surface area contributed by atoms with Gasteiger partial charge in [-0.15, -0.1) is 0 Å². The van der Waals surface area contributed by atoms with Crippen molar-refractivity contribution in [2.24, 2.45) is 5.41 Å². The van der Waals surface area contributed by atoms with E-state index in [-0.39, 0.29) is 0 Å². The number of anilines is 1. The van der Waals surface area contributed by atoms with Crippen molar-refractivity contribution in [1.82, 2.24) is 0 Å². The molecule has 1 atom stereocenters. The Hall–Kier alpha value is -1.20. The first kappa shape index (κ1) is 14.2. The van der Waals surface area contributed by atoms with Gasteiger partial charge >= 0.3 is 0 Å². The van der Waals surface area contributed by atoms with Crippen molar-refractivity contribution in [3.8, 4) is 6.07 Å². The van der Waals surface area contributed by atoms with Gasteiger partial charge in [0.2, 0.25) is 0 Å². The fourth-order valence-corrected chi connectivity index (χ4v) is 2.93. The molecule has 0 spiro atoms. The highest BCUT2D eigenvalue weighted by molar-refractivity contribution is 6.30. The van der Waals surface area contributed by atoms with Crippen LogP contribution in [0.25, 0.3) is 0 Å². The molecule has 1 N–H and O–H groups in total. The Bertz CT molecular complexity index is 488. The maximum absolute atomic E-state index is 9.14. The van der Waals surface area contributed by atoms with Crippen LogP contribution in [0, 0.1) is 16.7 Å². The van der Waals surface area contributed by atoms with Crippen molar-refractivity contribution in [3.05, 3.63) is 28.8 Å². The number of rotatable bonds is 2. The van der Waals surface area contributed by atoms with Crippen LogP contribution in [0.5, 0.6) is 0 Å². The zero-order valence-electron chi connectivity index (χ0n) is 11.7. The summed E-state index contributed by atoms with van der Waals surface area (Å²) in [4.78, 5) is 0. The van der Waals surface area contributed by atoms with Crippen molar-refractivity contribution in [2.45, 2.75) is 52.0 Å². The molecule has 102 valence electrons. The van der Waals surface area contributed by atoms with Crippen LogP contribution >= 0.6 is 11.6 Å². The number of halogens is 1. The Morgan fingerprint density at radius 2 is 2.11 bits per heavy atom. The highest BCUT2D eigenvalue weighted by Crippen LogP contribution is 2.35. The van der Waals surface area contributed by atoms with E-state index in [2.05, 4.69) is 25.2 Å². The van der Waals surface area contributed by atoms with Gasteiger partial charge in [0, 0.05) is 11.1 Å². The predicted molar refractivity (Wildman–Crippen MR) is 80.4 cm³/mol. The zero-order chi connectivity index (χ0) is 13.9. The first-order valence-corrected chi connectivity index (χ1v) is 7.34. The van der Waals surface area contributed by atoms with Crippen LogP contribution in [0.2, 0.25) is 5.02 Å². The topological polar surface area (TPSA) is 35.8 Å². The van der Waals surface area contributed by atoms with Gasteiger partial charge in [0.1, 0.15) is 6.07 Å². The van der Waals surface area contributed by atoms with E-state index in [1.807, 2.05) is 6.07 Å². The molecule has 1 aliphatic carbocycles. The predicted octanol–water partition coefficient (Wildman–Crippen LogP) is 4.98. The molecule has 1 aromatic rings. The van der Waals surface area contributed by atoms with Gasteiger partial charge in [-0.2, -0.15) is 5.26 Å². The molecule has 0 aromatic heterocycles. The Morgan fingerprint density at radius 1 is 1.32 bits per heavy atom. The molecular formula is C16H21ClN2. The summed E-state index contributed by atoms with van der Waals surface area (Å²) in [5.41, 5.74) is 2.00.